The molecule has 0 unspecified atom stereocenters. The molecule has 0 aliphatic carbocycles. The maximum atomic E-state index is 12.5. The van der Waals surface area contributed by atoms with E-state index >= 15 is 0 Å². The number of nitrogens with zero attached hydrogens (tertiary/aromatic N) is 1. The summed E-state index contributed by atoms with van der Waals surface area (Å²) in [6.45, 7) is 5.98. The molecule has 0 spiro atoms. The zero-order valence-corrected chi connectivity index (χ0v) is 14.0. The van der Waals surface area contributed by atoms with Gasteiger partial charge in [-0.05, 0) is 45.6 Å². The van der Waals surface area contributed by atoms with Gasteiger partial charge in [0.1, 0.15) is 11.5 Å². The zero-order valence-electron chi connectivity index (χ0n) is 14.0. The van der Waals surface area contributed by atoms with E-state index in [1.807, 2.05) is 39.0 Å². The molecule has 23 heavy (non-hydrogen) atoms. The molecule has 1 N–H and O–H groups in total. The number of carboxylic acid groups (broad SMARTS) is 1. The Kier molecular flexibility index (Phi) is 5.29. The van der Waals surface area contributed by atoms with Gasteiger partial charge in [-0.1, -0.05) is 30.3 Å². The molecule has 1 heterocycles. The molecule has 1 aromatic rings. The van der Waals surface area contributed by atoms with Crippen LogP contribution >= 0.6 is 0 Å². The SMILES string of the molecule is CC(C)(C)OC(=O)N1CCCC[C@@H]1[C@H](C(=O)O)c1ccccc1. The minimum Gasteiger partial charge on any atom is -0.481 e. The van der Waals surface area contributed by atoms with Crippen LogP contribution in [0.4, 0.5) is 4.79 Å². The van der Waals surface area contributed by atoms with Crippen molar-refractivity contribution in [3.63, 3.8) is 0 Å². The maximum absolute atomic E-state index is 12.5. The first-order chi connectivity index (χ1) is 10.8. The van der Waals surface area contributed by atoms with Crippen LogP contribution in [-0.2, 0) is 9.53 Å². The molecule has 2 atom stereocenters. The van der Waals surface area contributed by atoms with Gasteiger partial charge in [0.25, 0.3) is 0 Å². The third kappa shape index (κ3) is 4.47. The Labute approximate surface area is 137 Å². The molecule has 5 heteroatoms. The first-order valence-electron chi connectivity index (χ1n) is 8.07. The summed E-state index contributed by atoms with van der Waals surface area (Å²) >= 11 is 0. The van der Waals surface area contributed by atoms with Crippen LogP contribution in [0.2, 0.25) is 0 Å². The lowest BCUT2D eigenvalue weighted by atomic mass is 9.85. The Balaban J connectivity index is 2.28. The fourth-order valence-corrected chi connectivity index (χ4v) is 3.04. The molecule has 2 rings (SSSR count). The largest absolute Gasteiger partial charge is 0.481 e. The first kappa shape index (κ1) is 17.3. The predicted molar refractivity (Wildman–Crippen MR) is 87.4 cm³/mol. The van der Waals surface area contributed by atoms with E-state index in [1.54, 1.807) is 17.0 Å². The summed E-state index contributed by atoms with van der Waals surface area (Å²) in [7, 11) is 0. The summed E-state index contributed by atoms with van der Waals surface area (Å²) in [5, 5.41) is 9.73. The molecule has 126 valence electrons. The summed E-state index contributed by atoms with van der Waals surface area (Å²) in [6.07, 6.45) is 2.03. The van der Waals surface area contributed by atoms with E-state index in [0.29, 0.717) is 13.0 Å². The number of benzene rings is 1. The second kappa shape index (κ2) is 7.02. The molecule has 5 nitrogen and oxygen atoms in total. The molecule has 0 aromatic heterocycles. The fraction of sp³-hybridized carbons (Fsp3) is 0.556. The van der Waals surface area contributed by atoms with Gasteiger partial charge in [-0.2, -0.15) is 0 Å². The lowest BCUT2D eigenvalue weighted by molar-refractivity contribution is -0.140. The molecule has 1 amide bonds. The summed E-state index contributed by atoms with van der Waals surface area (Å²) in [5.41, 5.74) is 0.130. The molecule has 1 saturated heterocycles. The van der Waals surface area contributed by atoms with Gasteiger partial charge >= 0.3 is 12.1 Å². The Morgan fingerprint density at radius 2 is 1.87 bits per heavy atom. The number of hydrogen-bond acceptors (Lipinski definition) is 3. The number of amides is 1. The van der Waals surface area contributed by atoms with E-state index in [0.717, 1.165) is 18.4 Å². The smallest absolute Gasteiger partial charge is 0.410 e. The van der Waals surface area contributed by atoms with Crippen LogP contribution in [0.15, 0.2) is 30.3 Å². The van der Waals surface area contributed by atoms with Crippen molar-refractivity contribution in [1.82, 2.24) is 4.90 Å². The number of carboxylic acids is 1. The van der Waals surface area contributed by atoms with Crippen molar-refractivity contribution in [3.05, 3.63) is 35.9 Å². The highest BCUT2D eigenvalue weighted by Gasteiger charge is 2.39. The number of aliphatic carboxylic acids is 1. The summed E-state index contributed by atoms with van der Waals surface area (Å²) in [4.78, 5) is 26.0. The molecule has 0 bridgehead atoms. The highest BCUT2D eigenvalue weighted by molar-refractivity contribution is 5.79. The van der Waals surface area contributed by atoms with Crippen molar-refractivity contribution in [3.8, 4) is 0 Å². The van der Waals surface area contributed by atoms with E-state index in [4.69, 9.17) is 4.74 Å². The topological polar surface area (TPSA) is 66.8 Å². The van der Waals surface area contributed by atoms with E-state index < -0.39 is 23.6 Å². The molecule has 1 fully saturated rings. The van der Waals surface area contributed by atoms with Gasteiger partial charge in [0.05, 0.1) is 6.04 Å². The third-order valence-electron chi connectivity index (χ3n) is 3.99. The van der Waals surface area contributed by atoms with E-state index in [1.165, 1.54) is 0 Å². The van der Waals surface area contributed by atoms with Crippen LogP contribution in [0.3, 0.4) is 0 Å². The number of piperidine rings is 1. The van der Waals surface area contributed by atoms with Crippen molar-refractivity contribution in [2.24, 2.45) is 0 Å². The van der Waals surface area contributed by atoms with Gasteiger partial charge in [-0.25, -0.2) is 4.79 Å². The second-order valence-electron chi connectivity index (χ2n) is 6.96. The molecular weight excluding hydrogens is 294 g/mol. The summed E-state index contributed by atoms with van der Waals surface area (Å²) in [5.74, 6) is -1.64. The minimum atomic E-state index is -0.906. The van der Waals surface area contributed by atoms with Gasteiger partial charge in [0.2, 0.25) is 0 Å². The monoisotopic (exact) mass is 319 g/mol. The molecule has 0 radical (unpaired) electrons. The van der Waals surface area contributed by atoms with Gasteiger partial charge in [0, 0.05) is 6.54 Å². The Morgan fingerprint density at radius 1 is 1.22 bits per heavy atom. The lowest BCUT2D eigenvalue weighted by Gasteiger charge is -2.39. The van der Waals surface area contributed by atoms with Crippen molar-refractivity contribution < 1.29 is 19.4 Å². The van der Waals surface area contributed by atoms with E-state index in [-0.39, 0.29) is 6.04 Å². The fourth-order valence-electron chi connectivity index (χ4n) is 3.04. The first-order valence-corrected chi connectivity index (χ1v) is 8.07. The van der Waals surface area contributed by atoms with E-state index in [9.17, 15) is 14.7 Å². The normalized spacial score (nSPS) is 20.0. The van der Waals surface area contributed by atoms with Crippen LogP contribution in [0.5, 0.6) is 0 Å². The van der Waals surface area contributed by atoms with Crippen LogP contribution < -0.4 is 0 Å². The van der Waals surface area contributed by atoms with Gasteiger partial charge in [-0.15, -0.1) is 0 Å². The molecule has 0 saturated carbocycles. The van der Waals surface area contributed by atoms with Crippen molar-refractivity contribution in [2.75, 3.05) is 6.54 Å². The van der Waals surface area contributed by atoms with E-state index in [2.05, 4.69) is 0 Å². The number of hydrogen-bond donors (Lipinski definition) is 1. The predicted octanol–water partition coefficient (Wildman–Crippen LogP) is 3.64. The minimum absolute atomic E-state index is 0.376. The summed E-state index contributed by atoms with van der Waals surface area (Å²) in [6, 6.07) is 8.74. The number of carbonyl (C=O) groups excluding carboxylic acids is 1. The average Bonchev–Trinajstić information content (AvgIpc) is 2.47. The van der Waals surface area contributed by atoms with Gasteiger partial charge < -0.3 is 14.7 Å². The van der Waals surface area contributed by atoms with Crippen LogP contribution in [0.25, 0.3) is 0 Å². The van der Waals surface area contributed by atoms with Gasteiger partial charge in [-0.3, -0.25) is 4.79 Å². The highest BCUT2D eigenvalue weighted by atomic mass is 16.6. The molecule has 1 aliphatic rings. The average molecular weight is 319 g/mol. The van der Waals surface area contributed by atoms with Crippen molar-refractivity contribution in [1.29, 1.82) is 0 Å². The van der Waals surface area contributed by atoms with Crippen molar-refractivity contribution >= 4 is 12.1 Å². The second-order valence-corrected chi connectivity index (χ2v) is 6.96. The van der Waals surface area contributed by atoms with Crippen LogP contribution in [0.1, 0.15) is 51.5 Å². The lowest BCUT2D eigenvalue weighted by Crippen LogP contribution is -2.50. The molecule has 1 aliphatic heterocycles. The van der Waals surface area contributed by atoms with Crippen molar-refractivity contribution in [2.45, 2.75) is 57.6 Å². The maximum Gasteiger partial charge on any atom is 0.410 e. The van der Waals surface area contributed by atoms with Crippen LogP contribution in [-0.4, -0.2) is 40.3 Å². The number of rotatable bonds is 3. The third-order valence-corrected chi connectivity index (χ3v) is 3.99. The molecule has 1 aromatic carbocycles. The number of ether oxygens (including phenoxy) is 1. The quantitative estimate of drug-likeness (QED) is 0.923. The van der Waals surface area contributed by atoms with Crippen LogP contribution in [0, 0.1) is 0 Å². The number of carbonyl (C=O) groups is 2. The Morgan fingerprint density at radius 3 is 2.43 bits per heavy atom. The summed E-state index contributed by atoms with van der Waals surface area (Å²) < 4.78 is 5.47. The zero-order chi connectivity index (χ0) is 17.0. The Hall–Kier alpha value is -2.04. The number of likely N-dealkylation sites (tertiary alicyclic amines) is 1. The highest BCUT2D eigenvalue weighted by Crippen LogP contribution is 2.32. The standard InChI is InChI=1S/C18H25NO4/c1-18(2,3)23-17(22)19-12-8-7-11-14(19)15(16(20)21)13-9-5-4-6-10-13/h4-6,9-10,14-15H,7-8,11-12H2,1-3H3,(H,20,21)/t14-,15-/m1/s1. The van der Waals surface area contributed by atoms with Gasteiger partial charge in [0.15, 0.2) is 0 Å². The molecular formula is C18H25NO4. The Bertz CT molecular complexity index is 550.